The molecule has 4 rings (SSSR count). The maximum Gasteiger partial charge on any atom is 0.0577 e. The van der Waals surface area contributed by atoms with E-state index >= 15 is 0 Å². The number of allylic oxidation sites excluding steroid dienone is 2. The highest BCUT2D eigenvalue weighted by molar-refractivity contribution is 5.25. The zero-order chi connectivity index (χ0) is 15.5. The van der Waals surface area contributed by atoms with E-state index in [0.717, 1.165) is 36.5 Å². The fraction of sp³-hybridized carbons (Fsp3) is 0.810. The highest BCUT2D eigenvalue weighted by atomic mass is 16.3. The maximum absolute atomic E-state index is 10.1. The Morgan fingerprint density at radius 1 is 1.14 bits per heavy atom. The standard InChI is InChI=1S/C21H32O/c1-4-14-6-8-18-17-7-5-15-13-16(22)9-11-21(15,3)19(17)10-12-20(14,18)2/h4-5,14,16-19,22H,1,6-13H2,2-3H3. The summed E-state index contributed by atoms with van der Waals surface area (Å²) in [6, 6.07) is 0. The molecule has 0 heterocycles. The lowest BCUT2D eigenvalue weighted by Crippen LogP contribution is -2.50. The molecule has 4 aliphatic rings. The third-order valence-electron chi connectivity index (χ3n) is 8.44. The Labute approximate surface area is 135 Å². The number of fused-ring (bicyclic) bond motifs is 5. The Bertz CT molecular complexity index is 506. The summed E-state index contributed by atoms with van der Waals surface area (Å²) in [5, 5.41) is 10.1. The average molecular weight is 300 g/mol. The fourth-order valence-electron chi connectivity index (χ4n) is 7.07. The van der Waals surface area contributed by atoms with Crippen molar-refractivity contribution in [2.45, 2.75) is 71.3 Å². The third-order valence-corrected chi connectivity index (χ3v) is 8.44. The normalized spacial score (nSPS) is 54.0. The van der Waals surface area contributed by atoms with Gasteiger partial charge in [-0.3, -0.25) is 0 Å². The van der Waals surface area contributed by atoms with Gasteiger partial charge in [0.1, 0.15) is 0 Å². The van der Waals surface area contributed by atoms with Gasteiger partial charge in [-0.15, -0.1) is 6.58 Å². The molecule has 1 nitrogen and oxygen atoms in total. The van der Waals surface area contributed by atoms with Crippen molar-refractivity contribution < 1.29 is 5.11 Å². The van der Waals surface area contributed by atoms with E-state index in [9.17, 15) is 5.11 Å². The Balaban J connectivity index is 1.67. The van der Waals surface area contributed by atoms with Crippen LogP contribution in [0.5, 0.6) is 0 Å². The second-order valence-corrected chi connectivity index (χ2v) is 9.12. The van der Waals surface area contributed by atoms with E-state index in [1.54, 1.807) is 5.57 Å². The first kappa shape index (κ1) is 15.0. The van der Waals surface area contributed by atoms with Crippen molar-refractivity contribution in [3.05, 3.63) is 24.3 Å². The van der Waals surface area contributed by atoms with Gasteiger partial charge >= 0.3 is 0 Å². The van der Waals surface area contributed by atoms with Crippen LogP contribution in [-0.4, -0.2) is 11.2 Å². The highest BCUT2D eigenvalue weighted by Crippen LogP contribution is 2.66. The molecule has 3 saturated carbocycles. The molecule has 0 radical (unpaired) electrons. The van der Waals surface area contributed by atoms with Crippen molar-refractivity contribution >= 4 is 0 Å². The molecule has 0 aromatic heterocycles. The molecule has 4 aliphatic carbocycles. The summed E-state index contributed by atoms with van der Waals surface area (Å²) >= 11 is 0. The van der Waals surface area contributed by atoms with E-state index in [1.807, 2.05) is 0 Å². The molecule has 3 fully saturated rings. The van der Waals surface area contributed by atoms with Crippen LogP contribution in [0.25, 0.3) is 0 Å². The summed E-state index contributed by atoms with van der Waals surface area (Å²) in [5.41, 5.74) is 2.49. The van der Waals surface area contributed by atoms with Crippen LogP contribution in [0.1, 0.15) is 65.2 Å². The topological polar surface area (TPSA) is 20.2 Å². The van der Waals surface area contributed by atoms with Gasteiger partial charge in [0, 0.05) is 0 Å². The lowest BCUT2D eigenvalue weighted by Gasteiger charge is -2.58. The van der Waals surface area contributed by atoms with E-state index in [-0.39, 0.29) is 6.10 Å². The minimum Gasteiger partial charge on any atom is -0.393 e. The summed E-state index contributed by atoms with van der Waals surface area (Å²) in [4.78, 5) is 0. The number of aliphatic hydroxyl groups is 1. The molecular formula is C21H32O. The molecule has 122 valence electrons. The monoisotopic (exact) mass is 300 g/mol. The smallest absolute Gasteiger partial charge is 0.0577 e. The molecule has 0 aromatic carbocycles. The predicted molar refractivity (Wildman–Crippen MR) is 91.4 cm³/mol. The van der Waals surface area contributed by atoms with Crippen LogP contribution in [0, 0.1) is 34.5 Å². The first-order valence-corrected chi connectivity index (χ1v) is 9.49. The second-order valence-electron chi connectivity index (χ2n) is 9.12. The minimum absolute atomic E-state index is 0.0821. The van der Waals surface area contributed by atoms with Gasteiger partial charge in [-0.1, -0.05) is 31.6 Å². The van der Waals surface area contributed by atoms with Crippen LogP contribution < -0.4 is 0 Å². The van der Waals surface area contributed by atoms with Gasteiger partial charge < -0.3 is 5.11 Å². The molecule has 0 saturated heterocycles. The molecule has 1 heteroatoms. The zero-order valence-corrected chi connectivity index (χ0v) is 14.4. The SMILES string of the molecule is C=CC1CCC2C3CC=C4CC(O)CCC4(C)C3CCC12C. The Morgan fingerprint density at radius 2 is 1.95 bits per heavy atom. The third kappa shape index (κ3) is 1.87. The summed E-state index contributed by atoms with van der Waals surface area (Å²) < 4.78 is 0. The molecule has 0 aromatic rings. The summed E-state index contributed by atoms with van der Waals surface area (Å²) in [7, 11) is 0. The average Bonchev–Trinajstić information content (AvgIpc) is 2.84. The Hall–Kier alpha value is -0.560. The van der Waals surface area contributed by atoms with Crippen molar-refractivity contribution in [3.63, 3.8) is 0 Å². The number of rotatable bonds is 1. The van der Waals surface area contributed by atoms with Crippen LogP contribution in [0.2, 0.25) is 0 Å². The second kappa shape index (κ2) is 4.97. The van der Waals surface area contributed by atoms with Crippen molar-refractivity contribution in [2.75, 3.05) is 0 Å². The highest BCUT2D eigenvalue weighted by Gasteiger charge is 2.57. The lowest BCUT2D eigenvalue weighted by atomic mass is 9.47. The van der Waals surface area contributed by atoms with Gasteiger partial charge in [0.05, 0.1) is 6.10 Å². The summed E-state index contributed by atoms with van der Waals surface area (Å²) in [6.07, 6.45) is 14.7. The van der Waals surface area contributed by atoms with Crippen LogP contribution in [0.3, 0.4) is 0 Å². The largest absolute Gasteiger partial charge is 0.393 e. The van der Waals surface area contributed by atoms with Crippen LogP contribution in [-0.2, 0) is 0 Å². The molecule has 0 bridgehead atoms. The lowest BCUT2D eigenvalue weighted by molar-refractivity contribution is -0.0442. The molecular weight excluding hydrogens is 268 g/mol. The Morgan fingerprint density at radius 3 is 2.73 bits per heavy atom. The first-order chi connectivity index (χ1) is 10.5. The number of hydrogen-bond donors (Lipinski definition) is 1. The van der Waals surface area contributed by atoms with Crippen LogP contribution >= 0.6 is 0 Å². The van der Waals surface area contributed by atoms with E-state index in [0.29, 0.717) is 10.8 Å². The first-order valence-electron chi connectivity index (χ1n) is 9.49. The van der Waals surface area contributed by atoms with E-state index in [2.05, 4.69) is 32.6 Å². The summed E-state index contributed by atoms with van der Waals surface area (Å²) in [5.74, 6) is 3.38. The molecule has 7 atom stereocenters. The van der Waals surface area contributed by atoms with Gasteiger partial charge in [-0.25, -0.2) is 0 Å². The van der Waals surface area contributed by atoms with Crippen LogP contribution in [0.4, 0.5) is 0 Å². The number of hydrogen-bond acceptors (Lipinski definition) is 1. The summed E-state index contributed by atoms with van der Waals surface area (Å²) in [6.45, 7) is 9.20. The molecule has 0 spiro atoms. The Kier molecular flexibility index (Phi) is 3.39. The van der Waals surface area contributed by atoms with Gasteiger partial charge in [0.15, 0.2) is 0 Å². The van der Waals surface area contributed by atoms with Crippen molar-refractivity contribution in [1.82, 2.24) is 0 Å². The zero-order valence-electron chi connectivity index (χ0n) is 14.4. The predicted octanol–water partition coefficient (Wildman–Crippen LogP) is 5.11. The van der Waals surface area contributed by atoms with Crippen molar-refractivity contribution in [3.8, 4) is 0 Å². The fourth-order valence-corrected chi connectivity index (χ4v) is 7.07. The van der Waals surface area contributed by atoms with Crippen LogP contribution in [0.15, 0.2) is 24.3 Å². The molecule has 0 amide bonds. The maximum atomic E-state index is 10.1. The van der Waals surface area contributed by atoms with Gasteiger partial charge in [0.2, 0.25) is 0 Å². The molecule has 0 aliphatic heterocycles. The van der Waals surface area contributed by atoms with Gasteiger partial charge in [-0.2, -0.15) is 0 Å². The van der Waals surface area contributed by atoms with E-state index in [4.69, 9.17) is 0 Å². The molecule has 22 heavy (non-hydrogen) atoms. The quantitative estimate of drug-likeness (QED) is 0.667. The van der Waals surface area contributed by atoms with Gasteiger partial charge in [0.25, 0.3) is 0 Å². The van der Waals surface area contributed by atoms with E-state index < -0.39 is 0 Å². The van der Waals surface area contributed by atoms with E-state index in [1.165, 1.54) is 38.5 Å². The van der Waals surface area contributed by atoms with Crippen molar-refractivity contribution in [2.24, 2.45) is 34.5 Å². The molecule has 1 N–H and O–H groups in total. The van der Waals surface area contributed by atoms with Gasteiger partial charge in [-0.05, 0) is 85.9 Å². The molecule has 7 unspecified atom stereocenters. The number of aliphatic hydroxyl groups excluding tert-OH is 1. The minimum atomic E-state index is -0.0821. The van der Waals surface area contributed by atoms with Crippen molar-refractivity contribution in [1.29, 1.82) is 0 Å².